The first kappa shape index (κ1) is 15.7. The molecule has 0 bridgehead atoms. The molecule has 3 aliphatic heterocycles. The molecule has 0 aliphatic carbocycles. The Hall–Kier alpha value is -0.160. The molecule has 0 aromatic heterocycles. The van der Waals surface area contributed by atoms with Gasteiger partial charge in [-0.25, -0.2) is 0 Å². The van der Waals surface area contributed by atoms with Gasteiger partial charge >= 0.3 is 0 Å². The molecule has 3 heterocycles. The van der Waals surface area contributed by atoms with Gasteiger partial charge < -0.3 is 10.1 Å². The van der Waals surface area contributed by atoms with Crippen molar-refractivity contribution in [2.75, 3.05) is 59.0 Å². The van der Waals surface area contributed by atoms with Gasteiger partial charge in [0.2, 0.25) is 0 Å². The maximum atomic E-state index is 5.76. The van der Waals surface area contributed by atoms with E-state index in [0.717, 1.165) is 32.3 Å². The van der Waals surface area contributed by atoms with E-state index in [0.29, 0.717) is 5.41 Å². The van der Waals surface area contributed by atoms with Crippen molar-refractivity contribution in [2.24, 2.45) is 5.41 Å². The molecule has 21 heavy (non-hydrogen) atoms. The lowest BCUT2D eigenvalue weighted by Gasteiger charge is -2.46. The minimum absolute atomic E-state index is 0.367. The maximum absolute atomic E-state index is 5.76. The predicted octanol–water partition coefficient (Wildman–Crippen LogP) is 1.56. The van der Waals surface area contributed by atoms with Crippen molar-refractivity contribution in [3.63, 3.8) is 0 Å². The van der Waals surface area contributed by atoms with E-state index < -0.39 is 0 Å². The second-order valence-electron chi connectivity index (χ2n) is 7.40. The highest BCUT2D eigenvalue weighted by Crippen LogP contribution is 2.31. The summed E-state index contributed by atoms with van der Waals surface area (Å²) >= 11 is 0. The van der Waals surface area contributed by atoms with E-state index in [1.807, 2.05) is 0 Å². The van der Waals surface area contributed by atoms with Crippen LogP contribution in [-0.2, 0) is 4.74 Å². The number of rotatable bonds is 6. The Kier molecular flexibility index (Phi) is 5.54. The minimum atomic E-state index is 0.367. The van der Waals surface area contributed by atoms with Crippen molar-refractivity contribution in [3.8, 4) is 0 Å². The van der Waals surface area contributed by atoms with Crippen LogP contribution in [0.3, 0.4) is 0 Å². The lowest BCUT2D eigenvalue weighted by Crippen LogP contribution is -2.57. The molecule has 2 unspecified atom stereocenters. The first-order valence-electron chi connectivity index (χ1n) is 9.06. The topological polar surface area (TPSA) is 27.7 Å². The molecule has 0 aromatic carbocycles. The molecular weight excluding hydrogens is 262 g/mol. The van der Waals surface area contributed by atoms with Crippen LogP contribution in [0.1, 0.15) is 39.0 Å². The third-order valence-electron chi connectivity index (χ3n) is 5.59. The molecular formula is C17H33N3O. The fraction of sp³-hybridized carbons (Fsp3) is 1.00. The molecule has 0 radical (unpaired) electrons. The summed E-state index contributed by atoms with van der Waals surface area (Å²) in [4.78, 5) is 5.46. The molecule has 0 aromatic rings. The average molecular weight is 295 g/mol. The largest absolute Gasteiger partial charge is 0.381 e. The van der Waals surface area contributed by atoms with Crippen LogP contribution in [0, 0.1) is 5.41 Å². The Morgan fingerprint density at radius 3 is 3.00 bits per heavy atom. The maximum Gasteiger partial charge on any atom is 0.0547 e. The molecule has 0 amide bonds. The number of hydrogen-bond donors (Lipinski definition) is 1. The van der Waals surface area contributed by atoms with E-state index in [1.165, 1.54) is 64.8 Å². The van der Waals surface area contributed by atoms with E-state index in [4.69, 9.17) is 4.74 Å². The molecule has 0 saturated carbocycles. The van der Waals surface area contributed by atoms with Crippen LogP contribution < -0.4 is 5.32 Å². The highest BCUT2D eigenvalue weighted by Gasteiger charge is 2.38. The van der Waals surface area contributed by atoms with Gasteiger partial charge in [-0.05, 0) is 38.8 Å². The van der Waals surface area contributed by atoms with Gasteiger partial charge in [0.25, 0.3) is 0 Å². The fourth-order valence-electron chi connectivity index (χ4n) is 4.34. The van der Waals surface area contributed by atoms with Crippen LogP contribution in [0.15, 0.2) is 0 Å². The second kappa shape index (κ2) is 7.40. The normalized spacial score (nSPS) is 35.0. The van der Waals surface area contributed by atoms with E-state index in [2.05, 4.69) is 22.0 Å². The molecule has 122 valence electrons. The number of fused-ring (bicyclic) bond motifs is 1. The van der Waals surface area contributed by atoms with Crippen molar-refractivity contribution in [1.82, 2.24) is 15.1 Å². The summed E-state index contributed by atoms with van der Waals surface area (Å²) in [5.41, 5.74) is 0.367. The molecule has 1 N–H and O–H groups in total. The van der Waals surface area contributed by atoms with Gasteiger partial charge in [-0.3, -0.25) is 9.80 Å². The number of nitrogens with one attached hydrogen (secondary N) is 1. The Morgan fingerprint density at radius 2 is 2.19 bits per heavy atom. The van der Waals surface area contributed by atoms with Gasteiger partial charge in [-0.1, -0.05) is 13.3 Å². The molecule has 4 heteroatoms. The van der Waals surface area contributed by atoms with E-state index in [1.54, 1.807) is 0 Å². The van der Waals surface area contributed by atoms with Gasteiger partial charge in [0.1, 0.15) is 0 Å². The molecule has 2 atom stereocenters. The summed E-state index contributed by atoms with van der Waals surface area (Å²) in [7, 11) is 0. The van der Waals surface area contributed by atoms with E-state index in [9.17, 15) is 0 Å². The second-order valence-corrected chi connectivity index (χ2v) is 7.40. The lowest BCUT2D eigenvalue weighted by molar-refractivity contribution is 0.0222. The van der Waals surface area contributed by atoms with Gasteiger partial charge in [-0.2, -0.15) is 0 Å². The Balaban J connectivity index is 1.53. The SMILES string of the molecule is CCCNCC1(CN2CCN3CCCCC3C2)CCOC1. The minimum Gasteiger partial charge on any atom is -0.381 e. The number of piperidine rings is 1. The summed E-state index contributed by atoms with van der Waals surface area (Å²) in [6.45, 7) is 12.8. The lowest BCUT2D eigenvalue weighted by atomic mass is 9.85. The van der Waals surface area contributed by atoms with Crippen molar-refractivity contribution in [1.29, 1.82) is 0 Å². The third-order valence-corrected chi connectivity index (χ3v) is 5.59. The van der Waals surface area contributed by atoms with Crippen LogP contribution in [0.5, 0.6) is 0 Å². The van der Waals surface area contributed by atoms with Gasteiger partial charge in [0, 0.05) is 50.8 Å². The standard InChI is InChI=1S/C17H33N3O/c1-2-7-18-13-17(6-11-21-15-17)14-19-9-10-20-8-4-3-5-16(20)12-19/h16,18H,2-15H2,1H3. The Bertz CT molecular complexity index is 317. The quantitative estimate of drug-likeness (QED) is 0.753. The molecule has 3 fully saturated rings. The first-order valence-corrected chi connectivity index (χ1v) is 9.06. The third kappa shape index (κ3) is 3.98. The van der Waals surface area contributed by atoms with Crippen molar-refractivity contribution in [2.45, 2.75) is 45.1 Å². The highest BCUT2D eigenvalue weighted by atomic mass is 16.5. The van der Waals surface area contributed by atoms with Gasteiger partial charge in [-0.15, -0.1) is 0 Å². The number of nitrogens with zero attached hydrogens (tertiary/aromatic N) is 2. The zero-order valence-electron chi connectivity index (χ0n) is 13.8. The van der Waals surface area contributed by atoms with Crippen LogP contribution in [0.25, 0.3) is 0 Å². The molecule has 0 spiro atoms. The smallest absolute Gasteiger partial charge is 0.0547 e. The van der Waals surface area contributed by atoms with E-state index in [-0.39, 0.29) is 0 Å². The summed E-state index contributed by atoms with van der Waals surface area (Å²) in [5, 5.41) is 3.65. The van der Waals surface area contributed by atoms with Crippen LogP contribution in [0.4, 0.5) is 0 Å². The van der Waals surface area contributed by atoms with E-state index >= 15 is 0 Å². The van der Waals surface area contributed by atoms with Gasteiger partial charge in [0.05, 0.1) is 6.61 Å². The Morgan fingerprint density at radius 1 is 1.24 bits per heavy atom. The van der Waals surface area contributed by atoms with Crippen molar-refractivity contribution >= 4 is 0 Å². The Labute approximate surface area is 130 Å². The zero-order valence-corrected chi connectivity index (χ0v) is 13.8. The average Bonchev–Trinajstić information content (AvgIpc) is 2.96. The first-order chi connectivity index (χ1) is 10.3. The predicted molar refractivity (Wildman–Crippen MR) is 86.7 cm³/mol. The summed E-state index contributed by atoms with van der Waals surface area (Å²) in [6.07, 6.45) is 6.71. The van der Waals surface area contributed by atoms with Gasteiger partial charge in [0.15, 0.2) is 0 Å². The fourth-order valence-corrected chi connectivity index (χ4v) is 4.34. The molecule has 3 aliphatic rings. The number of ether oxygens (including phenoxy) is 1. The molecule has 3 rings (SSSR count). The van der Waals surface area contributed by atoms with Crippen LogP contribution in [-0.4, -0.2) is 74.9 Å². The monoisotopic (exact) mass is 295 g/mol. The molecule has 3 saturated heterocycles. The van der Waals surface area contributed by atoms with Crippen molar-refractivity contribution < 1.29 is 4.74 Å². The van der Waals surface area contributed by atoms with Crippen LogP contribution >= 0.6 is 0 Å². The van der Waals surface area contributed by atoms with Crippen LogP contribution in [0.2, 0.25) is 0 Å². The summed E-state index contributed by atoms with van der Waals surface area (Å²) in [6, 6.07) is 0.829. The highest BCUT2D eigenvalue weighted by molar-refractivity contribution is 4.92. The number of hydrogen-bond acceptors (Lipinski definition) is 4. The van der Waals surface area contributed by atoms with Crippen molar-refractivity contribution in [3.05, 3.63) is 0 Å². The zero-order chi connectivity index (χ0) is 14.5. The number of piperazine rings is 1. The summed E-state index contributed by atoms with van der Waals surface area (Å²) < 4.78 is 5.76. The summed E-state index contributed by atoms with van der Waals surface area (Å²) in [5.74, 6) is 0. The molecule has 4 nitrogen and oxygen atoms in total.